The van der Waals surface area contributed by atoms with E-state index in [2.05, 4.69) is 31.3 Å². The molecule has 1 aliphatic carbocycles. The highest BCUT2D eigenvalue weighted by molar-refractivity contribution is 5.95. The Morgan fingerprint density at radius 2 is 1.48 bits per heavy atom. The number of aromatic amines is 1. The number of nitrogens with two attached hydrogens (primary N) is 1. The molecule has 2 amide bonds. The number of benzene rings is 3. The van der Waals surface area contributed by atoms with Crippen molar-refractivity contribution in [3.05, 3.63) is 111 Å². The summed E-state index contributed by atoms with van der Waals surface area (Å²) in [5, 5.41) is 21.2. The first kappa shape index (κ1) is 27.1. The van der Waals surface area contributed by atoms with E-state index in [0.717, 1.165) is 27.8 Å². The maximum absolute atomic E-state index is 13.7. The van der Waals surface area contributed by atoms with Gasteiger partial charge in [-0.15, -0.1) is 10.2 Å². The molecule has 3 aromatic carbocycles. The van der Waals surface area contributed by atoms with Crippen molar-refractivity contribution in [3.8, 4) is 0 Å². The SMILES string of the molecule is CCNC(=O)c1ccc2c(c1)CCc1cc(C(=O)NCC)ccc1C2(C[C@@H](N)c1ccc(F)cc1)c1nn[nH]n1. The van der Waals surface area contributed by atoms with Gasteiger partial charge in [-0.2, -0.15) is 5.21 Å². The van der Waals surface area contributed by atoms with Gasteiger partial charge in [0.05, 0.1) is 5.41 Å². The quantitative estimate of drug-likeness (QED) is 0.270. The predicted molar refractivity (Wildman–Crippen MR) is 148 cm³/mol. The second-order valence-corrected chi connectivity index (χ2v) is 9.97. The normalized spacial score (nSPS) is 14.4. The van der Waals surface area contributed by atoms with Crippen LogP contribution in [-0.2, 0) is 18.3 Å². The van der Waals surface area contributed by atoms with Gasteiger partial charge in [0.1, 0.15) is 5.82 Å². The molecule has 0 radical (unpaired) electrons. The van der Waals surface area contributed by atoms with Crippen LogP contribution in [0, 0.1) is 5.82 Å². The molecule has 1 aromatic heterocycles. The molecule has 1 atom stereocenters. The zero-order valence-corrected chi connectivity index (χ0v) is 22.5. The molecule has 0 saturated heterocycles. The van der Waals surface area contributed by atoms with Crippen molar-refractivity contribution in [1.82, 2.24) is 31.3 Å². The Balaban J connectivity index is 1.74. The van der Waals surface area contributed by atoms with E-state index in [0.29, 0.717) is 49.3 Å². The summed E-state index contributed by atoms with van der Waals surface area (Å²) < 4.78 is 13.7. The van der Waals surface area contributed by atoms with Crippen molar-refractivity contribution in [2.45, 2.75) is 44.6 Å². The third-order valence-electron chi connectivity index (χ3n) is 7.54. The smallest absolute Gasteiger partial charge is 0.251 e. The van der Waals surface area contributed by atoms with Gasteiger partial charge in [-0.25, -0.2) is 4.39 Å². The monoisotopic (exact) mass is 541 g/mol. The fourth-order valence-corrected chi connectivity index (χ4v) is 5.71. The molecule has 4 aromatic rings. The van der Waals surface area contributed by atoms with Gasteiger partial charge in [0.15, 0.2) is 5.82 Å². The van der Waals surface area contributed by atoms with Crippen LogP contribution in [0.2, 0.25) is 0 Å². The number of carbonyl (C=O) groups is 2. The Morgan fingerprint density at radius 3 is 1.95 bits per heavy atom. The second-order valence-electron chi connectivity index (χ2n) is 9.97. The van der Waals surface area contributed by atoms with E-state index in [1.165, 1.54) is 12.1 Å². The summed E-state index contributed by atoms with van der Waals surface area (Å²) >= 11 is 0. The molecule has 0 bridgehead atoms. The Kier molecular flexibility index (Phi) is 7.70. The summed E-state index contributed by atoms with van der Waals surface area (Å²) in [7, 11) is 0. The third kappa shape index (κ3) is 4.98. The number of aryl methyl sites for hydroxylation is 2. The lowest BCUT2D eigenvalue weighted by molar-refractivity contribution is 0.0947. The first-order valence-corrected chi connectivity index (χ1v) is 13.5. The van der Waals surface area contributed by atoms with Gasteiger partial charge in [0, 0.05) is 30.3 Å². The molecule has 0 fully saturated rings. The number of rotatable bonds is 8. The summed E-state index contributed by atoms with van der Waals surface area (Å²) in [5.74, 6) is -0.228. The Morgan fingerprint density at radius 1 is 0.925 bits per heavy atom. The maximum atomic E-state index is 13.7. The number of nitrogens with one attached hydrogen (secondary N) is 3. The highest BCUT2D eigenvalue weighted by Gasteiger charge is 2.46. The molecule has 5 N–H and O–H groups in total. The number of tetrazole rings is 1. The number of hydrogen-bond donors (Lipinski definition) is 4. The van der Waals surface area contributed by atoms with Crippen LogP contribution in [-0.4, -0.2) is 45.5 Å². The van der Waals surface area contributed by atoms with Crippen LogP contribution < -0.4 is 16.4 Å². The molecule has 1 heterocycles. The van der Waals surface area contributed by atoms with Gasteiger partial charge >= 0.3 is 0 Å². The van der Waals surface area contributed by atoms with Crippen molar-refractivity contribution in [2.24, 2.45) is 5.73 Å². The first-order valence-electron chi connectivity index (χ1n) is 13.5. The third-order valence-corrected chi connectivity index (χ3v) is 7.54. The molecule has 5 rings (SSSR count). The number of carbonyl (C=O) groups excluding carboxylic acids is 2. The average molecular weight is 542 g/mol. The van der Waals surface area contributed by atoms with Crippen molar-refractivity contribution in [3.63, 3.8) is 0 Å². The van der Waals surface area contributed by atoms with Gasteiger partial charge in [-0.3, -0.25) is 9.59 Å². The highest BCUT2D eigenvalue weighted by atomic mass is 19.1. The van der Waals surface area contributed by atoms with Gasteiger partial charge in [-0.05, 0) is 97.3 Å². The minimum atomic E-state index is -0.971. The number of hydrogen-bond acceptors (Lipinski definition) is 6. The lowest BCUT2D eigenvalue weighted by Gasteiger charge is -2.36. The first-order chi connectivity index (χ1) is 19.4. The molecule has 0 spiro atoms. The maximum Gasteiger partial charge on any atom is 0.251 e. The van der Waals surface area contributed by atoms with E-state index < -0.39 is 11.5 Å². The van der Waals surface area contributed by atoms with Crippen molar-refractivity contribution in [1.29, 1.82) is 0 Å². The lowest BCUT2D eigenvalue weighted by Crippen LogP contribution is -2.36. The summed E-state index contributed by atoms with van der Waals surface area (Å²) in [5.41, 5.74) is 11.5. The van der Waals surface area contributed by atoms with Gasteiger partial charge in [-0.1, -0.05) is 29.5 Å². The van der Waals surface area contributed by atoms with E-state index >= 15 is 0 Å². The van der Waals surface area contributed by atoms with Crippen molar-refractivity contribution >= 4 is 11.8 Å². The number of H-pyrrole nitrogens is 1. The molecular formula is C30H32FN7O2. The Hall–Kier alpha value is -4.44. The number of amides is 2. The van der Waals surface area contributed by atoms with E-state index in [1.54, 1.807) is 24.3 Å². The summed E-state index contributed by atoms with van der Waals surface area (Å²) in [6, 6.07) is 16.9. The van der Waals surface area contributed by atoms with Crippen LogP contribution in [0.1, 0.15) is 80.7 Å². The number of halogens is 1. The van der Waals surface area contributed by atoms with Gasteiger partial charge in [0.2, 0.25) is 0 Å². The fraction of sp³-hybridized carbons (Fsp3) is 0.300. The molecule has 40 heavy (non-hydrogen) atoms. The average Bonchev–Trinajstić information content (AvgIpc) is 3.47. The number of aromatic nitrogens is 4. The van der Waals surface area contributed by atoms with Crippen LogP contribution in [0.3, 0.4) is 0 Å². The zero-order chi connectivity index (χ0) is 28.3. The largest absolute Gasteiger partial charge is 0.352 e. The van der Waals surface area contributed by atoms with Crippen LogP contribution in [0.5, 0.6) is 0 Å². The Labute approximate surface area is 231 Å². The van der Waals surface area contributed by atoms with Crippen LogP contribution in [0.25, 0.3) is 0 Å². The lowest BCUT2D eigenvalue weighted by atomic mass is 9.67. The molecule has 0 unspecified atom stereocenters. The summed E-state index contributed by atoms with van der Waals surface area (Å²) in [6.45, 7) is 4.79. The molecule has 0 saturated carbocycles. The van der Waals surface area contributed by atoms with Gasteiger partial charge < -0.3 is 16.4 Å². The zero-order valence-electron chi connectivity index (χ0n) is 22.5. The standard InChI is InChI=1S/C30H32FN7O2/c1-3-33-27(39)21-9-13-24-19(15-21)5-6-20-16-22(28(40)34-4-2)10-14-25(20)30(24,29-35-37-38-36-29)17-26(32)18-7-11-23(31)12-8-18/h7-16,26H,3-6,17,32H2,1-2H3,(H,33,39)(H,34,40)(H,35,36,37,38)/t26-/m1/s1. The number of nitrogens with zero attached hydrogens (tertiary/aromatic N) is 3. The van der Waals surface area contributed by atoms with E-state index in [9.17, 15) is 14.0 Å². The van der Waals surface area contributed by atoms with E-state index in [-0.39, 0.29) is 17.6 Å². The molecule has 0 aliphatic heterocycles. The minimum absolute atomic E-state index is 0.154. The van der Waals surface area contributed by atoms with E-state index in [1.807, 2.05) is 38.1 Å². The van der Waals surface area contributed by atoms with Crippen LogP contribution in [0.4, 0.5) is 4.39 Å². The van der Waals surface area contributed by atoms with Crippen molar-refractivity contribution in [2.75, 3.05) is 13.1 Å². The topological polar surface area (TPSA) is 139 Å². The van der Waals surface area contributed by atoms with Crippen LogP contribution >= 0.6 is 0 Å². The summed E-state index contributed by atoms with van der Waals surface area (Å²) in [6.07, 6.45) is 1.58. The van der Waals surface area contributed by atoms with Gasteiger partial charge in [0.25, 0.3) is 11.8 Å². The minimum Gasteiger partial charge on any atom is -0.352 e. The molecule has 9 nitrogen and oxygen atoms in total. The van der Waals surface area contributed by atoms with Crippen LogP contribution in [0.15, 0.2) is 60.7 Å². The molecule has 206 valence electrons. The Bertz CT molecular complexity index is 1450. The predicted octanol–water partition coefficient (Wildman–Crippen LogP) is 3.36. The summed E-state index contributed by atoms with van der Waals surface area (Å²) in [4.78, 5) is 25.5. The number of fused-ring (bicyclic) bond motifs is 2. The van der Waals surface area contributed by atoms with Crippen molar-refractivity contribution < 1.29 is 14.0 Å². The molecular weight excluding hydrogens is 509 g/mol. The second kappa shape index (κ2) is 11.4. The van der Waals surface area contributed by atoms with E-state index in [4.69, 9.17) is 5.73 Å². The highest BCUT2D eigenvalue weighted by Crippen LogP contribution is 2.48. The molecule has 10 heteroatoms. The fourth-order valence-electron chi connectivity index (χ4n) is 5.71. The molecule has 1 aliphatic rings.